The van der Waals surface area contributed by atoms with Crippen LogP contribution < -0.4 is 5.32 Å². The van der Waals surface area contributed by atoms with Crippen LogP contribution in [0.4, 0.5) is 4.79 Å². The highest BCUT2D eigenvalue weighted by Crippen LogP contribution is 2.33. The quantitative estimate of drug-likeness (QED) is 0.644. The highest BCUT2D eigenvalue weighted by atomic mass is 79.9. The van der Waals surface area contributed by atoms with E-state index in [9.17, 15) is 14.4 Å². The number of imide groups is 1. The van der Waals surface area contributed by atoms with E-state index in [1.807, 2.05) is 61.5 Å². The lowest BCUT2D eigenvalue weighted by Gasteiger charge is -2.27. The van der Waals surface area contributed by atoms with E-state index in [4.69, 9.17) is 0 Å². The lowest BCUT2D eigenvalue weighted by molar-refractivity contribution is -0.139. The van der Waals surface area contributed by atoms with E-state index in [0.717, 1.165) is 20.5 Å². The molecular weight excluding hydrogens is 434 g/mol. The molecule has 0 saturated carbocycles. The third-order valence-corrected chi connectivity index (χ3v) is 5.65. The maximum absolute atomic E-state index is 13.2. The van der Waals surface area contributed by atoms with Crippen molar-refractivity contribution in [2.45, 2.75) is 31.8 Å². The molecule has 29 heavy (non-hydrogen) atoms. The van der Waals surface area contributed by atoms with Crippen molar-refractivity contribution in [2.24, 2.45) is 0 Å². The van der Waals surface area contributed by atoms with E-state index in [-0.39, 0.29) is 18.4 Å². The minimum atomic E-state index is -1.11. The summed E-state index contributed by atoms with van der Waals surface area (Å²) in [5, 5.41) is 2.85. The first-order valence-electron chi connectivity index (χ1n) is 9.55. The number of nitrogens with zero attached hydrogens (tertiary/aromatic N) is 2. The predicted octanol–water partition coefficient (Wildman–Crippen LogP) is 3.65. The first-order chi connectivity index (χ1) is 13.9. The van der Waals surface area contributed by atoms with Crippen molar-refractivity contribution in [2.75, 3.05) is 13.6 Å². The summed E-state index contributed by atoms with van der Waals surface area (Å²) in [7, 11) is 1.67. The van der Waals surface area contributed by atoms with E-state index in [0.29, 0.717) is 19.4 Å². The van der Waals surface area contributed by atoms with Crippen LogP contribution in [-0.4, -0.2) is 41.2 Å². The molecule has 1 aliphatic heterocycles. The highest BCUT2D eigenvalue weighted by molar-refractivity contribution is 9.10. The largest absolute Gasteiger partial charge is 0.340 e. The second-order valence-electron chi connectivity index (χ2n) is 7.22. The first kappa shape index (κ1) is 21.0. The van der Waals surface area contributed by atoms with Gasteiger partial charge in [0.15, 0.2) is 0 Å². The molecule has 1 aliphatic rings. The molecule has 1 unspecified atom stereocenters. The summed E-state index contributed by atoms with van der Waals surface area (Å²) in [4.78, 5) is 41.1. The van der Waals surface area contributed by atoms with Crippen molar-refractivity contribution in [1.82, 2.24) is 15.1 Å². The normalized spacial score (nSPS) is 18.7. The van der Waals surface area contributed by atoms with E-state index >= 15 is 0 Å². The average Bonchev–Trinajstić information content (AvgIpc) is 2.95. The van der Waals surface area contributed by atoms with Crippen LogP contribution in [0, 0.1) is 0 Å². The fraction of sp³-hybridized carbons (Fsp3) is 0.318. The number of carbonyl (C=O) groups excluding carboxylic acids is 3. The number of hydrogen-bond donors (Lipinski definition) is 1. The van der Waals surface area contributed by atoms with E-state index in [1.54, 1.807) is 7.05 Å². The van der Waals surface area contributed by atoms with Gasteiger partial charge in [-0.3, -0.25) is 14.5 Å². The monoisotopic (exact) mass is 457 g/mol. The lowest BCUT2D eigenvalue weighted by atomic mass is 9.85. The molecule has 1 heterocycles. The molecule has 6 nitrogen and oxygen atoms in total. The van der Waals surface area contributed by atoms with Crippen molar-refractivity contribution in [3.05, 3.63) is 70.2 Å². The van der Waals surface area contributed by atoms with E-state index < -0.39 is 11.6 Å². The first-order valence-corrected chi connectivity index (χ1v) is 10.3. The van der Waals surface area contributed by atoms with E-state index in [2.05, 4.69) is 21.2 Å². The molecule has 0 radical (unpaired) electrons. The second-order valence-corrected chi connectivity index (χ2v) is 8.13. The van der Waals surface area contributed by atoms with Gasteiger partial charge in [-0.05, 0) is 29.7 Å². The molecule has 0 bridgehead atoms. The van der Waals surface area contributed by atoms with Crippen LogP contribution in [0.5, 0.6) is 0 Å². The van der Waals surface area contributed by atoms with Gasteiger partial charge in [0.1, 0.15) is 12.1 Å². The Balaban J connectivity index is 1.75. The Bertz CT molecular complexity index is 901. The van der Waals surface area contributed by atoms with Gasteiger partial charge in [0.2, 0.25) is 5.91 Å². The molecule has 0 spiro atoms. The molecule has 1 atom stereocenters. The topological polar surface area (TPSA) is 69.7 Å². The summed E-state index contributed by atoms with van der Waals surface area (Å²) >= 11 is 3.39. The van der Waals surface area contributed by atoms with Crippen molar-refractivity contribution in [3.8, 4) is 0 Å². The van der Waals surface area contributed by atoms with Crippen LogP contribution >= 0.6 is 15.9 Å². The minimum absolute atomic E-state index is 0.282. The number of benzene rings is 2. The highest BCUT2D eigenvalue weighted by Gasteiger charge is 2.52. The molecule has 1 fully saturated rings. The number of amides is 4. The third kappa shape index (κ3) is 4.34. The molecule has 0 aromatic heterocycles. The summed E-state index contributed by atoms with van der Waals surface area (Å²) in [6.07, 6.45) is 1.19. The number of carbonyl (C=O) groups is 3. The number of urea groups is 1. The van der Waals surface area contributed by atoms with Gasteiger partial charge >= 0.3 is 6.03 Å². The van der Waals surface area contributed by atoms with Gasteiger partial charge in [-0.2, -0.15) is 0 Å². The second kappa shape index (κ2) is 8.78. The summed E-state index contributed by atoms with van der Waals surface area (Å²) in [5.41, 5.74) is 0.585. The molecule has 2 aromatic rings. The molecule has 7 heteroatoms. The van der Waals surface area contributed by atoms with Gasteiger partial charge in [0, 0.05) is 18.1 Å². The van der Waals surface area contributed by atoms with Crippen LogP contribution in [0.3, 0.4) is 0 Å². The fourth-order valence-electron chi connectivity index (χ4n) is 3.58. The third-order valence-electron chi connectivity index (χ3n) is 5.12. The Kier molecular flexibility index (Phi) is 6.37. The summed E-state index contributed by atoms with van der Waals surface area (Å²) in [6, 6.07) is 16.3. The molecular formula is C22H24BrN3O3. The zero-order valence-electron chi connectivity index (χ0n) is 16.5. The number of nitrogens with one attached hydrogen (secondary N) is 1. The summed E-state index contributed by atoms with van der Waals surface area (Å²) in [6.45, 7) is 2.08. The molecule has 3 rings (SSSR count). The number of likely N-dealkylation sites (N-methyl/N-ethyl adjacent to an activating group) is 1. The Morgan fingerprint density at radius 2 is 1.76 bits per heavy atom. The SMILES string of the molecule is CCCC1(c2ccccc2)NC(=O)N(CC(=O)N(C)Cc2ccc(Br)cc2)C1=O. The fourth-order valence-corrected chi connectivity index (χ4v) is 3.85. The van der Waals surface area contributed by atoms with Gasteiger partial charge in [-0.1, -0.05) is 71.7 Å². The Labute approximate surface area is 179 Å². The Hall–Kier alpha value is -2.67. The van der Waals surface area contributed by atoms with Crippen molar-refractivity contribution < 1.29 is 14.4 Å². The van der Waals surface area contributed by atoms with Crippen LogP contribution in [-0.2, 0) is 21.7 Å². The summed E-state index contributed by atoms with van der Waals surface area (Å²) in [5.74, 6) is -0.669. The van der Waals surface area contributed by atoms with Gasteiger partial charge in [0.25, 0.3) is 5.91 Å². The lowest BCUT2D eigenvalue weighted by Crippen LogP contribution is -2.45. The maximum Gasteiger partial charge on any atom is 0.325 e. The maximum atomic E-state index is 13.2. The molecule has 0 aliphatic carbocycles. The molecule has 2 aromatic carbocycles. The average molecular weight is 458 g/mol. The summed E-state index contributed by atoms with van der Waals surface area (Å²) < 4.78 is 0.961. The van der Waals surface area contributed by atoms with Crippen LogP contribution in [0.25, 0.3) is 0 Å². The molecule has 152 valence electrons. The standard InChI is InChI=1S/C22H24BrN3O3/c1-3-13-22(17-7-5-4-6-8-17)20(28)26(21(29)24-22)15-19(27)25(2)14-16-9-11-18(23)12-10-16/h4-12H,3,13-15H2,1-2H3,(H,24,29). The number of halogens is 1. The zero-order chi connectivity index (χ0) is 21.0. The smallest absolute Gasteiger partial charge is 0.325 e. The predicted molar refractivity (Wildman–Crippen MR) is 114 cm³/mol. The van der Waals surface area contributed by atoms with E-state index in [1.165, 1.54) is 4.90 Å². The van der Waals surface area contributed by atoms with Crippen molar-refractivity contribution in [3.63, 3.8) is 0 Å². The van der Waals surface area contributed by atoms with Crippen molar-refractivity contribution >= 4 is 33.8 Å². The van der Waals surface area contributed by atoms with Gasteiger partial charge in [0.05, 0.1) is 0 Å². The van der Waals surface area contributed by atoms with Crippen molar-refractivity contribution in [1.29, 1.82) is 0 Å². The van der Waals surface area contributed by atoms with Gasteiger partial charge < -0.3 is 10.2 Å². The van der Waals surface area contributed by atoms with Crippen LogP contribution in [0.1, 0.15) is 30.9 Å². The van der Waals surface area contributed by atoms with Gasteiger partial charge in [-0.15, -0.1) is 0 Å². The number of hydrogen-bond acceptors (Lipinski definition) is 3. The molecule has 1 saturated heterocycles. The number of rotatable bonds is 7. The molecule has 4 amide bonds. The molecule has 1 N–H and O–H groups in total. The zero-order valence-corrected chi connectivity index (χ0v) is 18.1. The van der Waals surface area contributed by atoms with Gasteiger partial charge in [-0.25, -0.2) is 4.79 Å². The Morgan fingerprint density at radius 1 is 1.10 bits per heavy atom. The minimum Gasteiger partial charge on any atom is -0.340 e. The Morgan fingerprint density at radius 3 is 2.38 bits per heavy atom. The van der Waals surface area contributed by atoms with Crippen LogP contribution in [0.2, 0.25) is 0 Å². The van der Waals surface area contributed by atoms with Crippen LogP contribution in [0.15, 0.2) is 59.1 Å².